The van der Waals surface area contributed by atoms with Crippen LogP contribution in [0, 0.1) is 6.92 Å². The molecule has 2 aliphatic rings. The van der Waals surface area contributed by atoms with Crippen LogP contribution in [0.1, 0.15) is 16.1 Å². The van der Waals surface area contributed by atoms with Gasteiger partial charge in [0.2, 0.25) is 0 Å². The van der Waals surface area contributed by atoms with Gasteiger partial charge >= 0.3 is 0 Å². The molecule has 0 bridgehead atoms. The molecule has 7 heteroatoms. The van der Waals surface area contributed by atoms with Gasteiger partial charge in [-0.05, 0) is 31.2 Å². The van der Waals surface area contributed by atoms with Gasteiger partial charge in [-0.2, -0.15) is 0 Å². The molecule has 7 nitrogen and oxygen atoms in total. The summed E-state index contributed by atoms with van der Waals surface area (Å²) in [5, 5.41) is 2.96. The van der Waals surface area contributed by atoms with Crippen LogP contribution in [0.2, 0.25) is 0 Å². The van der Waals surface area contributed by atoms with Crippen LogP contribution < -0.4 is 19.7 Å². The van der Waals surface area contributed by atoms with Crippen LogP contribution in [0.25, 0.3) is 0 Å². The number of carbonyl (C=O) groups is 1. The van der Waals surface area contributed by atoms with Crippen molar-refractivity contribution in [3.63, 3.8) is 0 Å². The third-order valence-electron chi connectivity index (χ3n) is 4.63. The van der Waals surface area contributed by atoms with E-state index in [-0.39, 0.29) is 12.0 Å². The molecule has 2 aromatic rings. The Balaban J connectivity index is 1.43. The van der Waals surface area contributed by atoms with Crippen molar-refractivity contribution < 1.29 is 19.0 Å². The topological polar surface area (TPSA) is 72.9 Å². The Morgan fingerprint density at radius 2 is 1.96 bits per heavy atom. The zero-order valence-corrected chi connectivity index (χ0v) is 15.3. The first-order valence-corrected chi connectivity index (χ1v) is 9.18. The van der Waals surface area contributed by atoms with Crippen LogP contribution in [-0.2, 0) is 4.74 Å². The van der Waals surface area contributed by atoms with E-state index in [1.54, 1.807) is 0 Å². The third kappa shape index (κ3) is 3.98. The predicted octanol–water partition coefficient (Wildman–Crippen LogP) is 1.80. The SMILES string of the molecule is Cc1ccc(C(=O)NCC2COc3ccccc3O2)c(N2CCOCC2)n1. The van der Waals surface area contributed by atoms with E-state index in [9.17, 15) is 4.79 Å². The second-order valence-electron chi connectivity index (χ2n) is 6.63. The molecule has 1 aromatic heterocycles. The highest BCUT2D eigenvalue weighted by atomic mass is 16.6. The Morgan fingerprint density at radius 3 is 2.78 bits per heavy atom. The molecule has 1 fully saturated rings. The fraction of sp³-hybridized carbons (Fsp3) is 0.400. The summed E-state index contributed by atoms with van der Waals surface area (Å²) in [5.41, 5.74) is 1.45. The second kappa shape index (κ2) is 7.84. The summed E-state index contributed by atoms with van der Waals surface area (Å²) >= 11 is 0. The van der Waals surface area contributed by atoms with Gasteiger partial charge in [-0.1, -0.05) is 12.1 Å². The summed E-state index contributed by atoms with van der Waals surface area (Å²) in [6, 6.07) is 11.2. The number of anilines is 1. The van der Waals surface area contributed by atoms with Crippen LogP contribution >= 0.6 is 0 Å². The number of nitrogens with one attached hydrogen (secondary N) is 1. The molecule has 1 unspecified atom stereocenters. The normalized spacial score (nSPS) is 18.9. The quantitative estimate of drug-likeness (QED) is 0.886. The first-order chi connectivity index (χ1) is 13.2. The third-order valence-corrected chi connectivity index (χ3v) is 4.63. The Bertz CT molecular complexity index is 821. The maximum Gasteiger partial charge on any atom is 0.255 e. The molecule has 1 atom stereocenters. The molecular weight excluding hydrogens is 346 g/mol. The van der Waals surface area contributed by atoms with Crippen LogP contribution in [0.4, 0.5) is 5.82 Å². The number of aryl methyl sites for hydroxylation is 1. The molecule has 0 radical (unpaired) electrons. The second-order valence-corrected chi connectivity index (χ2v) is 6.63. The van der Waals surface area contributed by atoms with Gasteiger partial charge in [0.25, 0.3) is 5.91 Å². The number of para-hydroxylation sites is 2. The van der Waals surface area contributed by atoms with E-state index in [0.717, 1.165) is 24.5 Å². The van der Waals surface area contributed by atoms with E-state index in [4.69, 9.17) is 14.2 Å². The summed E-state index contributed by atoms with van der Waals surface area (Å²) in [6.07, 6.45) is -0.228. The average Bonchev–Trinajstić information content (AvgIpc) is 2.72. The number of aromatic nitrogens is 1. The predicted molar refractivity (Wildman–Crippen MR) is 101 cm³/mol. The highest BCUT2D eigenvalue weighted by Crippen LogP contribution is 2.30. The van der Waals surface area contributed by atoms with Gasteiger partial charge in [-0.3, -0.25) is 4.79 Å². The molecule has 27 heavy (non-hydrogen) atoms. The van der Waals surface area contributed by atoms with Gasteiger partial charge in [-0.25, -0.2) is 4.98 Å². The Morgan fingerprint density at radius 1 is 1.19 bits per heavy atom. The molecular formula is C20H23N3O4. The monoisotopic (exact) mass is 369 g/mol. The maximum atomic E-state index is 12.8. The number of carbonyl (C=O) groups excluding carboxylic acids is 1. The van der Waals surface area contributed by atoms with Crippen molar-refractivity contribution in [3.05, 3.63) is 47.7 Å². The molecule has 1 saturated heterocycles. The Labute approximate surface area is 158 Å². The van der Waals surface area contributed by atoms with E-state index in [1.165, 1.54) is 0 Å². The molecule has 3 heterocycles. The van der Waals surface area contributed by atoms with Crippen LogP contribution in [0.3, 0.4) is 0 Å². The number of hydrogen-bond acceptors (Lipinski definition) is 6. The van der Waals surface area contributed by atoms with Crippen molar-refractivity contribution in [3.8, 4) is 11.5 Å². The van der Waals surface area contributed by atoms with Crippen molar-refractivity contribution in [1.82, 2.24) is 10.3 Å². The number of amides is 1. The molecule has 142 valence electrons. The minimum atomic E-state index is -0.228. The van der Waals surface area contributed by atoms with Crippen LogP contribution in [0.5, 0.6) is 11.5 Å². The molecule has 1 N–H and O–H groups in total. The average molecular weight is 369 g/mol. The van der Waals surface area contributed by atoms with Gasteiger partial charge in [0.1, 0.15) is 18.5 Å². The van der Waals surface area contributed by atoms with Crippen molar-refractivity contribution in [2.24, 2.45) is 0 Å². The molecule has 0 aliphatic carbocycles. The summed E-state index contributed by atoms with van der Waals surface area (Å²) < 4.78 is 17.0. The van der Waals surface area contributed by atoms with Crippen LogP contribution in [0.15, 0.2) is 36.4 Å². The van der Waals surface area contributed by atoms with Crippen LogP contribution in [-0.4, -0.2) is 56.5 Å². The lowest BCUT2D eigenvalue weighted by Crippen LogP contribution is -2.42. The van der Waals surface area contributed by atoms with Gasteiger partial charge < -0.3 is 24.4 Å². The summed E-state index contributed by atoms with van der Waals surface area (Å²) in [5.74, 6) is 1.99. The molecule has 0 saturated carbocycles. The number of hydrogen-bond donors (Lipinski definition) is 1. The summed E-state index contributed by atoms with van der Waals surface area (Å²) in [7, 11) is 0. The lowest BCUT2D eigenvalue weighted by Gasteiger charge is -2.30. The van der Waals surface area contributed by atoms with E-state index >= 15 is 0 Å². The summed E-state index contributed by atoms with van der Waals surface area (Å²) in [4.78, 5) is 19.5. The largest absolute Gasteiger partial charge is 0.486 e. The van der Waals surface area contributed by atoms with E-state index in [0.29, 0.717) is 43.5 Å². The minimum absolute atomic E-state index is 0.161. The number of morpholine rings is 1. The zero-order chi connectivity index (χ0) is 18.6. The number of ether oxygens (including phenoxy) is 3. The van der Waals surface area contributed by atoms with E-state index < -0.39 is 0 Å². The summed E-state index contributed by atoms with van der Waals surface area (Å²) in [6.45, 7) is 5.44. The lowest BCUT2D eigenvalue weighted by atomic mass is 10.2. The van der Waals surface area contributed by atoms with Gasteiger partial charge in [0, 0.05) is 18.8 Å². The van der Waals surface area contributed by atoms with Crippen molar-refractivity contribution in [1.29, 1.82) is 0 Å². The molecule has 0 spiro atoms. The van der Waals surface area contributed by atoms with Gasteiger partial charge in [-0.15, -0.1) is 0 Å². The standard InChI is InChI=1S/C20H23N3O4/c1-14-6-7-16(19(22-14)23-8-10-25-11-9-23)20(24)21-12-15-13-26-17-4-2-3-5-18(17)27-15/h2-7,15H,8-13H2,1H3,(H,21,24). The van der Waals surface area contributed by atoms with E-state index in [2.05, 4.69) is 15.2 Å². The fourth-order valence-electron chi connectivity index (χ4n) is 3.20. The first-order valence-electron chi connectivity index (χ1n) is 9.18. The Hall–Kier alpha value is -2.80. The molecule has 4 rings (SSSR count). The first kappa shape index (κ1) is 17.6. The molecule has 2 aliphatic heterocycles. The maximum absolute atomic E-state index is 12.8. The number of nitrogens with zero attached hydrogens (tertiary/aromatic N) is 2. The van der Waals surface area contributed by atoms with Gasteiger partial charge in [0.05, 0.1) is 25.3 Å². The fourth-order valence-corrected chi connectivity index (χ4v) is 3.20. The lowest BCUT2D eigenvalue weighted by molar-refractivity contribution is 0.0788. The van der Waals surface area contributed by atoms with E-state index in [1.807, 2.05) is 43.3 Å². The van der Waals surface area contributed by atoms with Crippen molar-refractivity contribution in [2.75, 3.05) is 44.4 Å². The molecule has 1 amide bonds. The van der Waals surface area contributed by atoms with Crippen molar-refractivity contribution in [2.45, 2.75) is 13.0 Å². The number of fused-ring (bicyclic) bond motifs is 1. The number of benzene rings is 1. The minimum Gasteiger partial charge on any atom is -0.486 e. The van der Waals surface area contributed by atoms with Gasteiger partial charge in [0.15, 0.2) is 11.5 Å². The highest BCUT2D eigenvalue weighted by Gasteiger charge is 2.24. The zero-order valence-electron chi connectivity index (χ0n) is 15.3. The number of pyridine rings is 1. The smallest absolute Gasteiger partial charge is 0.255 e. The Kier molecular flexibility index (Phi) is 5.11. The number of rotatable bonds is 4. The molecule has 1 aromatic carbocycles. The van der Waals surface area contributed by atoms with Crippen molar-refractivity contribution >= 4 is 11.7 Å². The highest BCUT2D eigenvalue weighted by molar-refractivity contribution is 5.99.